The standard InChI is InChI=1S/C33H100O12SSi16/c1-31(60(34-47(4)5,35-48(6)7)36-49(8)9)56(22,23)43-59(30-28-29-46,44-57(24,25)32(2)61(37-50(10)11,38-51(12)13)39-52(14)15)45-58(26,27)33(3)62(40-53(16)17,41-54(18)19)42-55(20)21/h31-33,46-55H,28-30H2,1-27H3. The van der Waals surface area contributed by atoms with Gasteiger partial charge in [0.15, 0.2) is 106 Å². The molecule has 374 valence electrons. The van der Waals surface area contributed by atoms with E-state index >= 15 is 0 Å². The molecule has 0 amide bonds. The fraction of sp³-hybridized carbons (Fsp3) is 1.00. The Labute approximate surface area is 411 Å². The first-order valence-electron chi connectivity index (χ1n) is 23.7. The topological polar surface area (TPSA) is 111 Å². The monoisotopic (exact) mass is 1170 g/mol. The van der Waals surface area contributed by atoms with E-state index in [1.54, 1.807) is 0 Å². The summed E-state index contributed by atoms with van der Waals surface area (Å²) in [5, 5.41) is -0.215. The van der Waals surface area contributed by atoms with Gasteiger partial charge in [-0.1, -0.05) is 20.8 Å². The van der Waals surface area contributed by atoms with Gasteiger partial charge >= 0.3 is 35.2 Å². The summed E-state index contributed by atoms with van der Waals surface area (Å²) in [5.74, 6) is 0.679. The first kappa shape index (κ1) is 65.3. The molecule has 0 aliphatic carbocycles. The molecule has 0 heterocycles. The third-order valence-electron chi connectivity index (χ3n) is 10.2. The summed E-state index contributed by atoms with van der Waals surface area (Å²) in [6, 6.07) is 0.627. The molecule has 3 unspecified atom stereocenters. The summed E-state index contributed by atoms with van der Waals surface area (Å²) >= 11 is 4.84. The van der Waals surface area contributed by atoms with Crippen LogP contribution in [-0.2, 0) is 49.4 Å². The van der Waals surface area contributed by atoms with E-state index in [1.807, 2.05) is 0 Å². The van der Waals surface area contributed by atoms with Crippen molar-refractivity contribution in [2.75, 3.05) is 5.75 Å². The van der Waals surface area contributed by atoms with Gasteiger partial charge in [-0.2, -0.15) is 12.6 Å². The molecule has 0 saturated carbocycles. The molecule has 0 fully saturated rings. The fourth-order valence-corrected chi connectivity index (χ4v) is 77.9. The lowest BCUT2D eigenvalue weighted by Crippen LogP contribution is -2.71. The fourth-order valence-electron chi connectivity index (χ4n) is 7.38. The molecular weight excluding hydrogens is 1070 g/mol. The van der Waals surface area contributed by atoms with E-state index in [0.717, 1.165) is 6.42 Å². The largest absolute Gasteiger partial charge is 0.471 e. The van der Waals surface area contributed by atoms with E-state index in [-0.39, 0.29) is 15.5 Å². The molecule has 0 aromatic carbocycles. The van der Waals surface area contributed by atoms with Crippen LogP contribution in [0.3, 0.4) is 0 Å². The number of hydrogen-bond acceptors (Lipinski definition) is 13. The Morgan fingerprint density at radius 3 is 0.629 bits per heavy atom. The predicted molar refractivity (Wildman–Crippen MR) is 310 cm³/mol. The van der Waals surface area contributed by atoms with Gasteiger partial charge < -0.3 is 49.4 Å². The van der Waals surface area contributed by atoms with Gasteiger partial charge in [0.05, 0.1) is 0 Å². The normalized spacial score (nSPS) is 17.0. The van der Waals surface area contributed by atoms with Crippen LogP contribution in [0.15, 0.2) is 0 Å². The van der Waals surface area contributed by atoms with E-state index in [0.29, 0.717) is 11.8 Å². The molecule has 3 atom stereocenters. The molecule has 0 spiro atoms. The van der Waals surface area contributed by atoms with Gasteiger partial charge in [-0.25, -0.2) is 0 Å². The SMILES string of the molecule is CC([Si](C)(C)O[Si](CCCS)(O[Si](C)(C)C(C)[Si](O[SiH](C)C)(O[SiH](C)C)O[SiH](C)C)O[Si](C)(C)C(C)[Si](O[SiH](C)C)(O[SiH](C)C)O[SiH](C)C)[Si](O[SiH](C)C)(O[SiH](C)C)O[SiH](C)C. The van der Waals surface area contributed by atoms with E-state index in [1.165, 1.54) is 0 Å². The first-order valence-corrected chi connectivity index (χ1v) is 65.7. The summed E-state index contributed by atoms with van der Waals surface area (Å²) in [6.45, 7) is 61.0. The van der Waals surface area contributed by atoms with Crippen molar-refractivity contribution in [3.63, 3.8) is 0 Å². The average Bonchev–Trinajstić information content (AvgIpc) is 3.02. The van der Waals surface area contributed by atoms with Gasteiger partial charge in [0.1, 0.15) is 0 Å². The van der Waals surface area contributed by atoms with Crippen LogP contribution in [0.2, 0.25) is 179 Å². The van der Waals surface area contributed by atoms with Crippen LogP contribution in [0.25, 0.3) is 0 Å². The van der Waals surface area contributed by atoms with Crippen molar-refractivity contribution in [3.8, 4) is 0 Å². The lowest BCUT2D eigenvalue weighted by atomic mass is 10.6. The Bertz CT molecular complexity index is 1050. The number of hydrogen-bond donors (Lipinski definition) is 1. The van der Waals surface area contributed by atoms with Crippen molar-refractivity contribution < 1.29 is 49.4 Å². The minimum absolute atomic E-state index is 0.0715. The molecule has 29 heteroatoms. The van der Waals surface area contributed by atoms with Crippen molar-refractivity contribution in [2.45, 2.75) is 206 Å². The Morgan fingerprint density at radius 2 is 0.500 bits per heavy atom. The maximum absolute atomic E-state index is 8.07. The molecule has 0 N–H and O–H groups in total. The average molecular weight is 1170 g/mol. The summed E-state index contributed by atoms with van der Waals surface area (Å²) in [6.07, 6.45) is 0.778. The smallest absolute Gasteiger partial charge is 0.420 e. The van der Waals surface area contributed by atoms with Crippen LogP contribution in [0.1, 0.15) is 27.2 Å². The van der Waals surface area contributed by atoms with E-state index in [2.05, 4.69) is 178 Å². The highest BCUT2D eigenvalue weighted by Gasteiger charge is 2.65. The highest BCUT2D eigenvalue weighted by molar-refractivity contribution is 7.80. The Morgan fingerprint density at radius 1 is 0.339 bits per heavy atom. The van der Waals surface area contributed by atoms with Crippen LogP contribution >= 0.6 is 12.6 Å². The number of rotatable bonds is 33. The molecule has 0 aliphatic heterocycles. The van der Waals surface area contributed by atoms with E-state index in [4.69, 9.17) is 62.0 Å². The van der Waals surface area contributed by atoms with Gasteiger partial charge in [0.2, 0.25) is 0 Å². The maximum atomic E-state index is 8.07. The van der Waals surface area contributed by atoms with Crippen LogP contribution in [0.5, 0.6) is 0 Å². The quantitative estimate of drug-likeness (QED) is 0.0503. The van der Waals surface area contributed by atoms with Gasteiger partial charge in [-0.15, -0.1) is 0 Å². The Balaban J connectivity index is 8.52. The summed E-state index contributed by atoms with van der Waals surface area (Å²) in [4.78, 5) is 0. The van der Waals surface area contributed by atoms with Gasteiger partial charge in [-0.05, 0) is 169 Å². The maximum Gasteiger partial charge on any atom is 0.471 e. The molecule has 0 rings (SSSR count). The molecule has 12 nitrogen and oxygen atoms in total. The Hall–Kier alpha value is 3.34. The van der Waals surface area contributed by atoms with Crippen molar-refractivity contribution in [3.05, 3.63) is 0 Å². The third-order valence-corrected chi connectivity index (χ3v) is 69.2. The minimum atomic E-state index is -3.70. The highest BCUT2D eigenvalue weighted by Crippen LogP contribution is 2.46. The minimum Gasteiger partial charge on any atom is -0.420 e. The van der Waals surface area contributed by atoms with Crippen LogP contribution < -0.4 is 0 Å². The van der Waals surface area contributed by atoms with Crippen LogP contribution in [0.4, 0.5) is 0 Å². The second-order valence-electron chi connectivity index (χ2n) is 21.1. The zero-order valence-electron chi connectivity index (χ0n) is 44.9. The number of thiol groups is 1. The molecule has 0 bridgehead atoms. The van der Waals surface area contributed by atoms with Gasteiger partial charge in [0, 0.05) is 21.5 Å². The van der Waals surface area contributed by atoms with E-state index in [9.17, 15) is 0 Å². The Kier molecular flexibility index (Phi) is 29.3. The van der Waals surface area contributed by atoms with Crippen molar-refractivity contribution in [1.29, 1.82) is 0 Å². The molecule has 0 aliphatic rings. The molecule has 62 heavy (non-hydrogen) atoms. The zero-order valence-corrected chi connectivity index (χ0v) is 63.2. The highest BCUT2D eigenvalue weighted by atomic mass is 32.1. The molecule has 0 aromatic heterocycles. The second-order valence-corrected chi connectivity index (χ2v) is 73.4. The second kappa shape index (κ2) is 27.8. The lowest BCUT2D eigenvalue weighted by molar-refractivity contribution is 0.224. The summed E-state index contributed by atoms with van der Waals surface area (Å²) in [5.41, 5.74) is 0. The van der Waals surface area contributed by atoms with Crippen molar-refractivity contribution in [2.24, 2.45) is 0 Å². The van der Waals surface area contributed by atoms with Gasteiger partial charge in [0.25, 0.3) is 0 Å². The predicted octanol–water partition coefficient (Wildman–Crippen LogP) is 8.51. The van der Waals surface area contributed by atoms with E-state index < -0.39 is 142 Å². The summed E-state index contributed by atoms with van der Waals surface area (Å²) < 4.78 is 88.3. The summed E-state index contributed by atoms with van der Waals surface area (Å²) in [7, 11) is -36.4. The molecule has 0 aromatic rings. The third kappa shape index (κ3) is 21.4. The van der Waals surface area contributed by atoms with Crippen molar-refractivity contribution >= 4 is 154 Å². The molecule has 0 saturated heterocycles. The first-order chi connectivity index (χ1) is 27.9. The molecular formula is C33H100O12SSi16. The zero-order chi connectivity index (χ0) is 49.0. The van der Waals surface area contributed by atoms with Crippen LogP contribution in [-0.4, -0.2) is 147 Å². The lowest BCUT2D eigenvalue weighted by Gasteiger charge is -2.52. The van der Waals surface area contributed by atoms with Gasteiger partial charge in [-0.3, -0.25) is 0 Å². The van der Waals surface area contributed by atoms with Crippen LogP contribution in [0, 0.1) is 0 Å². The van der Waals surface area contributed by atoms with Crippen molar-refractivity contribution in [1.82, 2.24) is 0 Å². The molecule has 0 radical (unpaired) electrons.